The number of piperidine rings is 1. The van der Waals surface area contributed by atoms with E-state index in [0.717, 1.165) is 31.9 Å². The lowest BCUT2D eigenvalue weighted by Gasteiger charge is -2.30. The number of likely N-dealkylation sites (tertiary alicyclic amines) is 1. The predicted octanol–water partition coefficient (Wildman–Crippen LogP) is 0.616. The first-order valence-corrected chi connectivity index (χ1v) is 5.78. The molecule has 16 heavy (non-hydrogen) atoms. The van der Waals surface area contributed by atoms with Crippen LogP contribution >= 0.6 is 0 Å². The summed E-state index contributed by atoms with van der Waals surface area (Å²) in [6.07, 6.45) is 3.19. The van der Waals surface area contributed by atoms with Gasteiger partial charge in [-0.15, -0.1) is 0 Å². The van der Waals surface area contributed by atoms with E-state index in [1.54, 1.807) is 11.0 Å². The Labute approximate surface area is 95.5 Å². The Balaban J connectivity index is 1.97. The van der Waals surface area contributed by atoms with Gasteiger partial charge in [0.15, 0.2) is 0 Å². The van der Waals surface area contributed by atoms with Crippen LogP contribution < -0.4 is 0 Å². The number of ketones is 1. The molecule has 0 spiro atoms. The third-order valence-corrected chi connectivity index (χ3v) is 3.27. The van der Waals surface area contributed by atoms with E-state index in [-0.39, 0.29) is 5.92 Å². The van der Waals surface area contributed by atoms with Crippen LogP contribution in [-0.4, -0.2) is 38.5 Å². The quantitative estimate of drug-likeness (QED) is 0.752. The molecular weight excluding hydrogens is 204 g/mol. The molecule has 2 heterocycles. The van der Waals surface area contributed by atoms with Crippen LogP contribution in [0, 0.1) is 5.92 Å². The first kappa shape index (κ1) is 11.3. The fourth-order valence-corrected chi connectivity index (χ4v) is 2.14. The highest BCUT2D eigenvalue weighted by molar-refractivity contribution is 5.82. The number of nitrogens with zero attached hydrogens (tertiary/aromatic N) is 4. The van der Waals surface area contributed by atoms with Crippen molar-refractivity contribution >= 4 is 5.78 Å². The first-order chi connectivity index (χ1) is 7.70. The SMILES string of the molecule is CCC1CN(Cc2ncnn2C)CCC1=O. The highest BCUT2D eigenvalue weighted by Crippen LogP contribution is 2.17. The van der Waals surface area contributed by atoms with Crippen LogP contribution in [0.15, 0.2) is 6.33 Å². The summed E-state index contributed by atoms with van der Waals surface area (Å²) >= 11 is 0. The Morgan fingerprint density at radius 1 is 1.56 bits per heavy atom. The zero-order valence-electron chi connectivity index (χ0n) is 9.89. The van der Waals surface area contributed by atoms with Crippen molar-refractivity contribution in [3.05, 3.63) is 12.2 Å². The summed E-state index contributed by atoms with van der Waals surface area (Å²) in [5.41, 5.74) is 0. The van der Waals surface area contributed by atoms with Crippen molar-refractivity contribution in [2.45, 2.75) is 26.3 Å². The minimum atomic E-state index is 0.210. The van der Waals surface area contributed by atoms with E-state index in [4.69, 9.17) is 0 Å². The molecule has 1 aromatic heterocycles. The lowest BCUT2D eigenvalue weighted by molar-refractivity contribution is -0.126. The predicted molar refractivity (Wildman–Crippen MR) is 59.7 cm³/mol. The molecule has 0 saturated carbocycles. The fourth-order valence-electron chi connectivity index (χ4n) is 2.14. The zero-order chi connectivity index (χ0) is 11.5. The van der Waals surface area contributed by atoms with Gasteiger partial charge in [0, 0.05) is 32.5 Å². The molecule has 1 aliphatic rings. The number of carbonyl (C=O) groups is 1. The van der Waals surface area contributed by atoms with Gasteiger partial charge in [-0.05, 0) is 6.42 Å². The zero-order valence-corrected chi connectivity index (χ0v) is 9.89. The van der Waals surface area contributed by atoms with Crippen LogP contribution in [0.25, 0.3) is 0 Å². The summed E-state index contributed by atoms with van der Waals surface area (Å²) in [5, 5.41) is 4.05. The topological polar surface area (TPSA) is 51.0 Å². The van der Waals surface area contributed by atoms with E-state index in [2.05, 4.69) is 21.9 Å². The molecule has 0 radical (unpaired) electrons. The van der Waals surface area contributed by atoms with Gasteiger partial charge in [-0.3, -0.25) is 14.4 Å². The van der Waals surface area contributed by atoms with Gasteiger partial charge < -0.3 is 0 Å². The monoisotopic (exact) mass is 222 g/mol. The molecule has 1 unspecified atom stereocenters. The molecular formula is C11H18N4O. The summed E-state index contributed by atoms with van der Waals surface area (Å²) in [6.45, 7) is 4.58. The summed E-state index contributed by atoms with van der Waals surface area (Å²) in [7, 11) is 1.90. The van der Waals surface area contributed by atoms with Crippen molar-refractivity contribution in [2.24, 2.45) is 13.0 Å². The molecule has 1 fully saturated rings. The number of rotatable bonds is 3. The average Bonchev–Trinajstić information content (AvgIpc) is 2.67. The average molecular weight is 222 g/mol. The smallest absolute Gasteiger partial charge is 0.140 e. The van der Waals surface area contributed by atoms with E-state index in [1.807, 2.05) is 7.05 Å². The van der Waals surface area contributed by atoms with Gasteiger partial charge in [0.05, 0.1) is 6.54 Å². The Bertz CT molecular complexity index is 374. The molecule has 0 bridgehead atoms. The number of aromatic nitrogens is 3. The third-order valence-electron chi connectivity index (χ3n) is 3.27. The molecule has 1 aromatic rings. The van der Waals surface area contributed by atoms with Gasteiger partial charge >= 0.3 is 0 Å². The molecule has 0 aromatic carbocycles. The molecule has 0 N–H and O–H groups in total. The molecule has 1 saturated heterocycles. The van der Waals surface area contributed by atoms with Crippen LogP contribution in [0.4, 0.5) is 0 Å². The maximum absolute atomic E-state index is 11.6. The molecule has 5 heteroatoms. The highest BCUT2D eigenvalue weighted by Gasteiger charge is 2.26. The molecule has 5 nitrogen and oxygen atoms in total. The van der Waals surface area contributed by atoms with Crippen molar-refractivity contribution in [3.63, 3.8) is 0 Å². The largest absolute Gasteiger partial charge is 0.299 e. The maximum atomic E-state index is 11.6. The molecule has 1 aliphatic heterocycles. The van der Waals surface area contributed by atoms with Crippen LogP contribution in [0.1, 0.15) is 25.6 Å². The Morgan fingerprint density at radius 2 is 2.38 bits per heavy atom. The molecule has 1 atom stereocenters. The molecule has 88 valence electrons. The van der Waals surface area contributed by atoms with Crippen molar-refractivity contribution in [1.29, 1.82) is 0 Å². The van der Waals surface area contributed by atoms with Crippen molar-refractivity contribution in [3.8, 4) is 0 Å². The molecule has 0 amide bonds. The second kappa shape index (κ2) is 4.74. The second-order valence-corrected chi connectivity index (χ2v) is 4.36. The van der Waals surface area contributed by atoms with Gasteiger partial charge in [-0.2, -0.15) is 5.10 Å². The fraction of sp³-hybridized carbons (Fsp3) is 0.727. The van der Waals surface area contributed by atoms with E-state index in [9.17, 15) is 4.79 Å². The van der Waals surface area contributed by atoms with Crippen LogP contribution in [0.2, 0.25) is 0 Å². The lowest BCUT2D eigenvalue weighted by Crippen LogP contribution is -2.40. The third kappa shape index (κ3) is 2.29. The Hall–Kier alpha value is -1.23. The summed E-state index contributed by atoms with van der Waals surface area (Å²) in [5.74, 6) is 1.59. The van der Waals surface area contributed by atoms with Crippen LogP contribution in [0.3, 0.4) is 0 Å². The minimum Gasteiger partial charge on any atom is -0.299 e. The number of Topliss-reactive ketones (excluding diaryl/α,β-unsaturated/α-hetero) is 1. The Kier molecular flexibility index (Phi) is 3.33. The Morgan fingerprint density at radius 3 is 3.00 bits per heavy atom. The highest BCUT2D eigenvalue weighted by atomic mass is 16.1. The van der Waals surface area contributed by atoms with E-state index in [1.165, 1.54) is 0 Å². The van der Waals surface area contributed by atoms with Gasteiger partial charge in [-0.1, -0.05) is 6.92 Å². The van der Waals surface area contributed by atoms with E-state index in [0.29, 0.717) is 12.2 Å². The van der Waals surface area contributed by atoms with Crippen molar-refractivity contribution < 1.29 is 4.79 Å². The molecule has 0 aliphatic carbocycles. The lowest BCUT2D eigenvalue weighted by atomic mass is 9.94. The van der Waals surface area contributed by atoms with Gasteiger partial charge in [0.2, 0.25) is 0 Å². The van der Waals surface area contributed by atoms with E-state index >= 15 is 0 Å². The van der Waals surface area contributed by atoms with Gasteiger partial charge in [0.25, 0.3) is 0 Å². The van der Waals surface area contributed by atoms with Crippen LogP contribution in [-0.2, 0) is 18.4 Å². The standard InChI is InChI=1S/C11H18N4O/c1-3-9-6-15(5-4-10(9)16)7-11-12-8-13-14(11)2/h8-9H,3-7H2,1-2H3. The van der Waals surface area contributed by atoms with Gasteiger partial charge in [-0.25, -0.2) is 4.98 Å². The van der Waals surface area contributed by atoms with Gasteiger partial charge in [0.1, 0.15) is 17.9 Å². The molecule has 2 rings (SSSR count). The van der Waals surface area contributed by atoms with Crippen LogP contribution in [0.5, 0.6) is 0 Å². The minimum absolute atomic E-state index is 0.210. The maximum Gasteiger partial charge on any atom is 0.140 e. The summed E-state index contributed by atoms with van der Waals surface area (Å²) < 4.78 is 1.79. The van der Waals surface area contributed by atoms with Crippen molar-refractivity contribution in [2.75, 3.05) is 13.1 Å². The second-order valence-electron chi connectivity index (χ2n) is 4.36. The van der Waals surface area contributed by atoms with E-state index < -0.39 is 0 Å². The summed E-state index contributed by atoms with van der Waals surface area (Å²) in [6, 6.07) is 0. The number of aryl methyl sites for hydroxylation is 1. The first-order valence-electron chi connectivity index (χ1n) is 5.78. The number of hydrogen-bond donors (Lipinski definition) is 0. The summed E-state index contributed by atoms with van der Waals surface area (Å²) in [4.78, 5) is 18.1. The van der Waals surface area contributed by atoms with Crippen molar-refractivity contribution in [1.82, 2.24) is 19.7 Å². The number of hydrogen-bond acceptors (Lipinski definition) is 4. The normalized spacial score (nSPS) is 22.6. The number of carbonyl (C=O) groups excluding carboxylic acids is 1.